The Labute approximate surface area is 117 Å². The van der Waals surface area contributed by atoms with Crippen molar-refractivity contribution in [3.8, 4) is 0 Å². The van der Waals surface area contributed by atoms with Gasteiger partial charge in [0.25, 0.3) is 0 Å². The monoisotopic (exact) mass is 293 g/mol. The topological polar surface area (TPSA) is 105 Å². The van der Waals surface area contributed by atoms with Crippen LogP contribution in [-0.4, -0.2) is 20.2 Å². The number of anilines is 3. The number of rotatable bonds is 3. The van der Waals surface area contributed by atoms with Gasteiger partial charge in [-0.25, -0.2) is 10.2 Å². The molecule has 2 heterocycles. The van der Waals surface area contributed by atoms with E-state index in [0.717, 1.165) is 0 Å². The van der Waals surface area contributed by atoms with Gasteiger partial charge in [-0.15, -0.1) is 0 Å². The van der Waals surface area contributed by atoms with Crippen LogP contribution in [0.15, 0.2) is 24.4 Å². The van der Waals surface area contributed by atoms with Crippen LogP contribution in [-0.2, 0) is 0 Å². The average Bonchev–Trinajstić information content (AvgIpc) is 2.91. The molecule has 7 nitrogen and oxygen atoms in total. The van der Waals surface area contributed by atoms with E-state index in [1.807, 2.05) is 0 Å². The molecule has 5 N–H and O–H groups in total. The van der Waals surface area contributed by atoms with Crippen molar-refractivity contribution < 1.29 is 4.39 Å². The maximum absolute atomic E-state index is 13.7. The lowest BCUT2D eigenvalue weighted by molar-refractivity contribution is 0.632. The number of H-pyrrole nitrogens is 1. The number of halogens is 2. The van der Waals surface area contributed by atoms with Crippen molar-refractivity contribution >= 4 is 40.1 Å². The predicted octanol–water partition coefficient (Wildman–Crippen LogP) is 2.17. The van der Waals surface area contributed by atoms with Crippen LogP contribution >= 0.6 is 11.6 Å². The quantitative estimate of drug-likeness (QED) is 0.436. The zero-order valence-corrected chi connectivity index (χ0v) is 10.7. The van der Waals surface area contributed by atoms with Gasteiger partial charge in [-0.3, -0.25) is 10.5 Å². The highest BCUT2D eigenvalue weighted by Crippen LogP contribution is 2.27. The lowest BCUT2D eigenvalue weighted by atomic mass is 10.3. The summed E-state index contributed by atoms with van der Waals surface area (Å²) in [4.78, 5) is 8.20. The highest BCUT2D eigenvalue weighted by molar-refractivity contribution is 6.30. The smallest absolute Gasteiger partial charge is 0.241 e. The SMILES string of the molecule is NNc1nc(Nc2cc(Cl)ccc2F)c2cn[nH]c2n1. The molecule has 0 atom stereocenters. The van der Waals surface area contributed by atoms with Crippen molar-refractivity contribution in [2.24, 2.45) is 5.84 Å². The standard InChI is InChI=1S/C11H9ClFN7/c12-5-1-2-7(13)8(3-5)16-9-6-4-15-20-10(6)18-11(17-9)19-14/h1-4H,14H2,(H3,15,16,17,18,19,20). The van der Waals surface area contributed by atoms with Crippen LogP contribution in [0.25, 0.3) is 11.0 Å². The van der Waals surface area contributed by atoms with Crippen molar-refractivity contribution in [1.29, 1.82) is 0 Å². The van der Waals surface area contributed by atoms with E-state index in [4.69, 9.17) is 17.4 Å². The van der Waals surface area contributed by atoms with Crippen LogP contribution in [0.5, 0.6) is 0 Å². The van der Waals surface area contributed by atoms with Crippen molar-refractivity contribution in [3.05, 3.63) is 35.2 Å². The maximum atomic E-state index is 13.7. The number of hydrogen-bond donors (Lipinski definition) is 4. The van der Waals surface area contributed by atoms with Crippen LogP contribution in [0.2, 0.25) is 5.02 Å². The molecule has 3 aromatic rings. The summed E-state index contributed by atoms with van der Waals surface area (Å²) in [7, 11) is 0. The molecule has 0 aliphatic carbocycles. The Balaban J connectivity index is 2.09. The summed E-state index contributed by atoms with van der Waals surface area (Å²) in [6, 6.07) is 4.18. The van der Waals surface area contributed by atoms with Crippen LogP contribution in [0.4, 0.5) is 21.8 Å². The number of fused-ring (bicyclic) bond motifs is 1. The van der Waals surface area contributed by atoms with Crippen molar-refractivity contribution in [2.75, 3.05) is 10.7 Å². The number of aromatic amines is 1. The fraction of sp³-hybridized carbons (Fsp3) is 0. The molecule has 0 aliphatic rings. The summed E-state index contributed by atoms with van der Waals surface area (Å²) in [5.41, 5.74) is 3.00. The van der Waals surface area contributed by atoms with E-state index >= 15 is 0 Å². The number of nitrogen functional groups attached to an aromatic ring is 1. The first-order valence-electron chi connectivity index (χ1n) is 5.57. The van der Waals surface area contributed by atoms with E-state index in [9.17, 15) is 4.39 Å². The molecule has 0 spiro atoms. The molecule has 0 radical (unpaired) electrons. The lowest BCUT2D eigenvalue weighted by Crippen LogP contribution is -2.11. The van der Waals surface area contributed by atoms with Gasteiger partial charge in [0, 0.05) is 5.02 Å². The summed E-state index contributed by atoms with van der Waals surface area (Å²) in [5.74, 6) is 5.37. The van der Waals surface area contributed by atoms with Gasteiger partial charge < -0.3 is 5.32 Å². The Hall–Kier alpha value is -2.45. The average molecular weight is 294 g/mol. The maximum Gasteiger partial charge on any atom is 0.241 e. The highest BCUT2D eigenvalue weighted by Gasteiger charge is 2.11. The summed E-state index contributed by atoms with van der Waals surface area (Å²) in [6.45, 7) is 0. The van der Waals surface area contributed by atoms with Gasteiger partial charge in [0.05, 0.1) is 17.3 Å². The molecule has 102 valence electrons. The lowest BCUT2D eigenvalue weighted by Gasteiger charge is -2.09. The second-order valence-corrected chi connectivity index (χ2v) is 4.36. The predicted molar refractivity (Wildman–Crippen MR) is 74.2 cm³/mol. The molecule has 0 aliphatic heterocycles. The Morgan fingerprint density at radius 1 is 1.30 bits per heavy atom. The summed E-state index contributed by atoms with van der Waals surface area (Å²) < 4.78 is 13.7. The van der Waals surface area contributed by atoms with E-state index in [0.29, 0.717) is 21.9 Å². The minimum absolute atomic E-state index is 0.173. The fourth-order valence-electron chi connectivity index (χ4n) is 1.72. The molecule has 0 saturated carbocycles. The molecular formula is C11H9ClFN7. The Bertz CT molecular complexity index is 773. The molecular weight excluding hydrogens is 285 g/mol. The number of hydrogen-bond acceptors (Lipinski definition) is 6. The first-order valence-corrected chi connectivity index (χ1v) is 5.95. The van der Waals surface area contributed by atoms with Crippen LogP contribution in [0.3, 0.4) is 0 Å². The van der Waals surface area contributed by atoms with Gasteiger partial charge in [0.2, 0.25) is 5.95 Å². The third-order valence-corrected chi connectivity index (χ3v) is 2.86. The summed E-state index contributed by atoms with van der Waals surface area (Å²) in [6.07, 6.45) is 1.53. The number of nitrogens with two attached hydrogens (primary N) is 1. The second kappa shape index (κ2) is 4.91. The van der Waals surface area contributed by atoms with E-state index in [1.54, 1.807) is 0 Å². The Morgan fingerprint density at radius 3 is 2.95 bits per heavy atom. The first-order chi connectivity index (χ1) is 9.67. The van der Waals surface area contributed by atoms with Crippen molar-refractivity contribution in [2.45, 2.75) is 0 Å². The number of nitrogens with one attached hydrogen (secondary N) is 3. The van der Waals surface area contributed by atoms with E-state index < -0.39 is 5.82 Å². The van der Waals surface area contributed by atoms with Gasteiger partial charge in [-0.05, 0) is 18.2 Å². The van der Waals surface area contributed by atoms with Crippen LogP contribution < -0.4 is 16.6 Å². The number of hydrazine groups is 1. The van der Waals surface area contributed by atoms with Gasteiger partial charge in [-0.2, -0.15) is 15.1 Å². The molecule has 1 aromatic carbocycles. The number of benzene rings is 1. The van der Waals surface area contributed by atoms with E-state index in [2.05, 4.69) is 30.9 Å². The summed E-state index contributed by atoms with van der Waals surface area (Å²) in [5, 5.41) is 10.4. The van der Waals surface area contributed by atoms with Crippen LogP contribution in [0.1, 0.15) is 0 Å². The van der Waals surface area contributed by atoms with Crippen molar-refractivity contribution in [1.82, 2.24) is 20.2 Å². The van der Waals surface area contributed by atoms with Gasteiger partial charge in [0.1, 0.15) is 11.6 Å². The second-order valence-electron chi connectivity index (χ2n) is 3.92. The largest absolute Gasteiger partial charge is 0.337 e. The van der Waals surface area contributed by atoms with Gasteiger partial charge in [-0.1, -0.05) is 11.6 Å². The zero-order chi connectivity index (χ0) is 14.1. The molecule has 0 fully saturated rings. The number of aromatic nitrogens is 4. The van der Waals surface area contributed by atoms with Crippen LogP contribution in [0, 0.1) is 5.82 Å². The van der Waals surface area contributed by atoms with Crippen molar-refractivity contribution in [3.63, 3.8) is 0 Å². The van der Waals surface area contributed by atoms with E-state index in [-0.39, 0.29) is 11.6 Å². The van der Waals surface area contributed by atoms with Gasteiger partial charge >= 0.3 is 0 Å². The zero-order valence-electron chi connectivity index (χ0n) is 9.98. The summed E-state index contributed by atoms with van der Waals surface area (Å²) >= 11 is 5.85. The molecule has 0 bridgehead atoms. The minimum Gasteiger partial charge on any atom is -0.337 e. The minimum atomic E-state index is -0.452. The molecule has 0 amide bonds. The number of nitrogens with zero attached hydrogens (tertiary/aromatic N) is 3. The Kier molecular flexibility index (Phi) is 3.09. The molecule has 2 aromatic heterocycles. The third-order valence-electron chi connectivity index (χ3n) is 2.62. The third kappa shape index (κ3) is 2.22. The molecule has 9 heteroatoms. The molecule has 3 rings (SSSR count). The first kappa shape index (κ1) is 12.6. The Morgan fingerprint density at radius 2 is 2.15 bits per heavy atom. The molecule has 20 heavy (non-hydrogen) atoms. The van der Waals surface area contributed by atoms with Gasteiger partial charge in [0.15, 0.2) is 5.65 Å². The molecule has 0 saturated heterocycles. The van der Waals surface area contributed by atoms with E-state index in [1.165, 1.54) is 24.4 Å². The normalized spacial score (nSPS) is 10.8. The molecule has 0 unspecified atom stereocenters. The highest BCUT2D eigenvalue weighted by atomic mass is 35.5. The fourth-order valence-corrected chi connectivity index (χ4v) is 1.89.